The second-order valence-electron chi connectivity index (χ2n) is 6.33. The number of carbonyl (C=O) groups excluding carboxylic acids is 1. The van der Waals surface area contributed by atoms with Gasteiger partial charge in [0.05, 0.1) is 11.8 Å². The number of aliphatic carboxylic acids is 1. The largest absolute Gasteiger partial charge is 0.481 e. The van der Waals surface area contributed by atoms with E-state index in [0.717, 1.165) is 12.8 Å². The third-order valence-corrected chi connectivity index (χ3v) is 4.81. The number of carboxylic acid groups (broad SMARTS) is 1. The first-order valence-electron chi connectivity index (χ1n) is 7.73. The summed E-state index contributed by atoms with van der Waals surface area (Å²) in [7, 11) is 2.09. The van der Waals surface area contributed by atoms with Gasteiger partial charge in [0.2, 0.25) is 5.91 Å². The smallest absolute Gasteiger partial charge is 0.307 e. The molecule has 2 N–H and O–H groups in total. The number of nitrogens with zero attached hydrogens (tertiary/aromatic N) is 1. The Morgan fingerprint density at radius 3 is 2.35 bits per heavy atom. The molecule has 2 fully saturated rings. The lowest BCUT2D eigenvalue weighted by Gasteiger charge is -2.29. The summed E-state index contributed by atoms with van der Waals surface area (Å²) in [5.74, 6) is -1.75. The molecule has 2 aliphatic carbocycles. The van der Waals surface area contributed by atoms with Crippen LogP contribution in [0.25, 0.3) is 0 Å². The summed E-state index contributed by atoms with van der Waals surface area (Å²) >= 11 is 0. The van der Waals surface area contributed by atoms with Crippen molar-refractivity contribution >= 4 is 11.9 Å². The monoisotopic (exact) mass is 282 g/mol. The van der Waals surface area contributed by atoms with Gasteiger partial charge in [-0.3, -0.25) is 14.5 Å². The number of amides is 1. The molecule has 0 aromatic heterocycles. The minimum absolute atomic E-state index is 0.0758. The normalized spacial score (nSPS) is 28.1. The molecule has 0 bridgehead atoms. The Kier molecular flexibility index (Phi) is 5.02. The lowest BCUT2D eigenvalue weighted by molar-refractivity contribution is -0.148. The van der Waals surface area contributed by atoms with Crippen molar-refractivity contribution in [1.82, 2.24) is 10.2 Å². The molecule has 5 nitrogen and oxygen atoms in total. The zero-order chi connectivity index (χ0) is 14.7. The summed E-state index contributed by atoms with van der Waals surface area (Å²) < 4.78 is 0. The summed E-state index contributed by atoms with van der Waals surface area (Å²) in [5, 5.41) is 12.2. The molecule has 0 heterocycles. The Balaban J connectivity index is 1.81. The SMILES string of the molecule is CC(CNC(=O)C1CCCCC1C(=O)O)N(C)C1CC1. The molecule has 2 rings (SSSR count). The van der Waals surface area contributed by atoms with Crippen LogP contribution in [0.5, 0.6) is 0 Å². The van der Waals surface area contributed by atoms with Crippen LogP contribution >= 0.6 is 0 Å². The minimum Gasteiger partial charge on any atom is -0.481 e. The Labute approximate surface area is 120 Å². The quantitative estimate of drug-likeness (QED) is 0.774. The molecule has 3 atom stereocenters. The van der Waals surface area contributed by atoms with Crippen LogP contribution < -0.4 is 5.32 Å². The van der Waals surface area contributed by atoms with Crippen LogP contribution in [-0.2, 0) is 9.59 Å². The van der Waals surface area contributed by atoms with Gasteiger partial charge in [-0.25, -0.2) is 0 Å². The van der Waals surface area contributed by atoms with Crippen molar-refractivity contribution in [2.24, 2.45) is 11.8 Å². The summed E-state index contributed by atoms with van der Waals surface area (Å²) in [6.07, 6.45) is 5.71. The van der Waals surface area contributed by atoms with Crippen molar-refractivity contribution < 1.29 is 14.7 Å². The molecular formula is C15H26N2O3. The van der Waals surface area contributed by atoms with E-state index in [1.54, 1.807) is 0 Å². The standard InChI is InChI=1S/C15H26N2O3/c1-10(17(2)11-7-8-11)9-16-14(18)12-5-3-4-6-13(12)15(19)20/h10-13H,3-9H2,1-2H3,(H,16,18)(H,19,20). The maximum atomic E-state index is 12.2. The van der Waals surface area contributed by atoms with Crippen LogP contribution in [-0.4, -0.2) is 47.6 Å². The molecule has 2 saturated carbocycles. The first-order chi connectivity index (χ1) is 9.50. The van der Waals surface area contributed by atoms with Gasteiger partial charge < -0.3 is 10.4 Å². The maximum absolute atomic E-state index is 12.2. The van der Waals surface area contributed by atoms with Gasteiger partial charge in [0.15, 0.2) is 0 Å². The zero-order valence-electron chi connectivity index (χ0n) is 12.5. The maximum Gasteiger partial charge on any atom is 0.307 e. The molecule has 0 aromatic rings. The third kappa shape index (κ3) is 3.72. The van der Waals surface area contributed by atoms with Crippen LogP contribution in [0.1, 0.15) is 45.4 Å². The highest BCUT2D eigenvalue weighted by molar-refractivity contribution is 5.84. The Bertz CT molecular complexity index is 368. The highest BCUT2D eigenvalue weighted by Gasteiger charge is 2.36. The average Bonchev–Trinajstić information content (AvgIpc) is 3.28. The highest BCUT2D eigenvalue weighted by atomic mass is 16.4. The summed E-state index contributed by atoms with van der Waals surface area (Å²) in [4.78, 5) is 25.8. The van der Waals surface area contributed by atoms with Crippen molar-refractivity contribution in [3.8, 4) is 0 Å². The van der Waals surface area contributed by atoms with Crippen molar-refractivity contribution in [2.45, 2.75) is 57.5 Å². The molecule has 0 spiro atoms. The number of nitrogens with one attached hydrogen (secondary N) is 1. The van der Waals surface area contributed by atoms with Crippen molar-refractivity contribution in [1.29, 1.82) is 0 Å². The van der Waals surface area contributed by atoms with E-state index in [4.69, 9.17) is 0 Å². The third-order valence-electron chi connectivity index (χ3n) is 4.81. The lowest BCUT2D eigenvalue weighted by Crippen LogP contribution is -2.45. The molecule has 0 radical (unpaired) electrons. The number of carbonyl (C=O) groups is 2. The van der Waals surface area contributed by atoms with Gasteiger partial charge in [-0.05, 0) is 39.7 Å². The van der Waals surface area contributed by atoms with E-state index in [1.165, 1.54) is 12.8 Å². The van der Waals surface area contributed by atoms with Crippen LogP contribution in [0.3, 0.4) is 0 Å². The van der Waals surface area contributed by atoms with E-state index in [1.807, 2.05) is 0 Å². The summed E-state index contributed by atoms with van der Waals surface area (Å²) in [5.41, 5.74) is 0. The Hall–Kier alpha value is -1.10. The van der Waals surface area contributed by atoms with E-state index < -0.39 is 11.9 Å². The van der Waals surface area contributed by atoms with E-state index in [2.05, 4.69) is 24.2 Å². The van der Waals surface area contributed by atoms with Gasteiger partial charge >= 0.3 is 5.97 Å². The van der Waals surface area contributed by atoms with Crippen molar-refractivity contribution in [3.63, 3.8) is 0 Å². The zero-order valence-corrected chi connectivity index (χ0v) is 12.5. The molecule has 0 saturated heterocycles. The number of hydrogen-bond donors (Lipinski definition) is 2. The van der Waals surface area contributed by atoms with Crippen molar-refractivity contribution in [2.75, 3.05) is 13.6 Å². The second-order valence-corrected chi connectivity index (χ2v) is 6.33. The fraction of sp³-hybridized carbons (Fsp3) is 0.867. The molecule has 0 aromatic carbocycles. The number of hydrogen-bond acceptors (Lipinski definition) is 3. The highest BCUT2D eigenvalue weighted by Crippen LogP contribution is 2.30. The van der Waals surface area contributed by atoms with Gasteiger partial charge in [0.1, 0.15) is 0 Å². The predicted molar refractivity (Wildman–Crippen MR) is 76.3 cm³/mol. The first kappa shape index (κ1) is 15.3. The van der Waals surface area contributed by atoms with Gasteiger partial charge in [0, 0.05) is 18.6 Å². The molecule has 114 valence electrons. The summed E-state index contributed by atoms with van der Waals surface area (Å²) in [6, 6.07) is 0.974. The van der Waals surface area contributed by atoms with Crippen LogP contribution in [0.15, 0.2) is 0 Å². The fourth-order valence-corrected chi connectivity index (χ4v) is 3.11. The van der Waals surface area contributed by atoms with Gasteiger partial charge in [-0.1, -0.05) is 12.8 Å². The molecule has 5 heteroatoms. The van der Waals surface area contributed by atoms with Crippen LogP contribution in [0, 0.1) is 11.8 Å². The number of likely N-dealkylation sites (N-methyl/N-ethyl adjacent to an activating group) is 1. The molecule has 0 aliphatic heterocycles. The van der Waals surface area contributed by atoms with Gasteiger partial charge in [-0.2, -0.15) is 0 Å². The van der Waals surface area contributed by atoms with Crippen molar-refractivity contribution in [3.05, 3.63) is 0 Å². The minimum atomic E-state index is -0.826. The number of rotatable bonds is 6. The second kappa shape index (κ2) is 6.57. The molecule has 20 heavy (non-hydrogen) atoms. The Morgan fingerprint density at radius 1 is 1.20 bits per heavy atom. The van der Waals surface area contributed by atoms with Crippen LogP contribution in [0.2, 0.25) is 0 Å². The molecule has 3 unspecified atom stereocenters. The fourth-order valence-electron chi connectivity index (χ4n) is 3.11. The Morgan fingerprint density at radius 2 is 1.80 bits per heavy atom. The topological polar surface area (TPSA) is 69.6 Å². The lowest BCUT2D eigenvalue weighted by atomic mass is 9.78. The van der Waals surface area contributed by atoms with Gasteiger partial charge in [-0.15, -0.1) is 0 Å². The van der Waals surface area contributed by atoms with E-state index in [9.17, 15) is 14.7 Å². The van der Waals surface area contributed by atoms with E-state index in [0.29, 0.717) is 31.5 Å². The van der Waals surface area contributed by atoms with Crippen LogP contribution in [0.4, 0.5) is 0 Å². The van der Waals surface area contributed by atoms with Gasteiger partial charge in [0.25, 0.3) is 0 Å². The summed E-state index contributed by atoms with van der Waals surface area (Å²) in [6.45, 7) is 2.71. The molecule has 2 aliphatic rings. The van der Waals surface area contributed by atoms with E-state index in [-0.39, 0.29) is 11.8 Å². The first-order valence-corrected chi connectivity index (χ1v) is 7.73. The predicted octanol–water partition coefficient (Wildman–Crippen LogP) is 1.48. The number of carboxylic acids is 1. The average molecular weight is 282 g/mol. The molecule has 1 amide bonds. The van der Waals surface area contributed by atoms with E-state index >= 15 is 0 Å². The molecular weight excluding hydrogens is 256 g/mol.